The molecule has 1 rings (SSSR count). The van der Waals surface area contributed by atoms with Crippen molar-refractivity contribution < 1.29 is 13.9 Å². The van der Waals surface area contributed by atoms with Crippen molar-refractivity contribution >= 4 is 22.8 Å². The van der Waals surface area contributed by atoms with E-state index in [4.69, 9.17) is 0 Å². The molecule has 0 aliphatic heterocycles. The molecule has 16 heavy (non-hydrogen) atoms. The number of halogens is 1. The van der Waals surface area contributed by atoms with Crippen LogP contribution in [0.25, 0.3) is 0 Å². The molecule has 0 amide bonds. The van der Waals surface area contributed by atoms with Crippen molar-refractivity contribution in [2.45, 2.75) is 6.92 Å². The van der Waals surface area contributed by atoms with Crippen molar-refractivity contribution in [3.05, 3.63) is 39.7 Å². The summed E-state index contributed by atoms with van der Waals surface area (Å²) in [5.41, 5.74) is -0.0701. The highest BCUT2D eigenvalue weighted by atomic mass is 32.2. The van der Waals surface area contributed by atoms with Gasteiger partial charge < -0.3 is 4.55 Å². The molecule has 0 unspecified atom stereocenters. The van der Waals surface area contributed by atoms with E-state index in [-0.39, 0.29) is 17.0 Å². The van der Waals surface area contributed by atoms with E-state index in [1.807, 2.05) is 0 Å². The van der Waals surface area contributed by atoms with E-state index in [0.717, 1.165) is 18.2 Å². The van der Waals surface area contributed by atoms with Gasteiger partial charge in [-0.2, -0.15) is 0 Å². The first-order valence-corrected chi connectivity index (χ1v) is 5.76. The van der Waals surface area contributed by atoms with E-state index in [0.29, 0.717) is 0 Å². The predicted octanol–water partition coefficient (Wildman–Crippen LogP) is 1.84. The van der Waals surface area contributed by atoms with Gasteiger partial charge in [-0.05, 0) is 13.0 Å². The molecule has 0 N–H and O–H groups in total. The van der Waals surface area contributed by atoms with Gasteiger partial charge in [-0.15, -0.1) is 0 Å². The first kappa shape index (κ1) is 12.6. The highest BCUT2D eigenvalue weighted by molar-refractivity contribution is 7.89. The Labute approximate surface area is 94.5 Å². The molecule has 5 nitrogen and oxygen atoms in total. The maximum Gasteiger partial charge on any atom is 0.270 e. The average Bonchev–Trinajstić information content (AvgIpc) is 2.16. The topological polar surface area (TPSA) is 78.6 Å². The van der Waals surface area contributed by atoms with Gasteiger partial charge in [0.05, 0.1) is 22.0 Å². The summed E-state index contributed by atoms with van der Waals surface area (Å²) >= 11 is -1.47. The number of benzene rings is 1. The Morgan fingerprint density at radius 2 is 2.19 bits per heavy atom. The monoisotopic (exact) mass is 244 g/mol. The summed E-state index contributed by atoms with van der Waals surface area (Å²) in [6.45, 7) is 1.45. The summed E-state index contributed by atoms with van der Waals surface area (Å²) in [7, 11) is 0. The lowest BCUT2D eigenvalue weighted by atomic mass is 10.1. The summed E-state index contributed by atoms with van der Waals surface area (Å²) in [4.78, 5) is 9.87. The molecular weight excluding hydrogens is 235 g/mol. The SMILES string of the molecule is C/C(=N\[S@@+](C)[O-])c1cc([N+](=O)[O-])ccc1F. The number of non-ortho nitro benzene ring substituents is 1. The number of hydrogen-bond acceptors (Lipinski definition) is 4. The molecule has 0 radical (unpaired) electrons. The standard InChI is InChI=1S/C9H9FN2O3S/c1-6(11-16(2)15)8-5-7(12(13)14)3-4-9(8)10/h3-5H,1-2H3/b11-6+/t16-/m1/s1. The van der Waals surface area contributed by atoms with Gasteiger partial charge >= 0.3 is 0 Å². The average molecular weight is 244 g/mol. The molecule has 7 heteroatoms. The Balaban J connectivity index is 3.22. The van der Waals surface area contributed by atoms with Gasteiger partial charge in [0.1, 0.15) is 12.1 Å². The summed E-state index contributed by atoms with van der Waals surface area (Å²) in [5.74, 6) is -0.627. The van der Waals surface area contributed by atoms with E-state index in [9.17, 15) is 19.1 Å². The third-order valence-corrected chi connectivity index (χ3v) is 2.35. The Morgan fingerprint density at radius 1 is 1.56 bits per heavy atom. The first-order valence-electron chi connectivity index (χ1n) is 4.25. The third-order valence-electron chi connectivity index (χ3n) is 1.82. The lowest BCUT2D eigenvalue weighted by Crippen LogP contribution is -2.04. The second kappa shape index (κ2) is 5.04. The molecule has 0 heterocycles. The zero-order valence-electron chi connectivity index (χ0n) is 8.64. The first-order chi connectivity index (χ1) is 7.41. The summed E-state index contributed by atoms with van der Waals surface area (Å²) in [6.07, 6.45) is 1.33. The third kappa shape index (κ3) is 3.01. The maximum atomic E-state index is 13.3. The summed E-state index contributed by atoms with van der Waals surface area (Å²) in [5, 5.41) is 10.5. The van der Waals surface area contributed by atoms with Crippen LogP contribution in [0.3, 0.4) is 0 Å². The molecule has 0 aliphatic rings. The van der Waals surface area contributed by atoms with Crippen molar-refractivity contribution in [3.63, 3.8) is 0 Å². The molecule has 0 bridgehead atoms. The molecule has 0 aromatic heterocycles. The van der Waals surface area contributed by atoms with Crippen LogP contribution >= 0.6 is 0 Å². The number of rotatable bonds is 3. The quantitative estimate of drug-likeness (QED) is 0.352. The van der Waals surface area contributed by atoms with Crippen LogP contribution in [-0.2, 0) is 11.4 Å². The van der Waals surface area contributed by atoms with E-state index in [2.05, 4.69) is 4.40 Å². The molecule has 1 aromatic rings. The zero-order valence-corrected chi connectivity index (χ0v) is 9.45. The predicted molar refractivity (Wildman–Crippen MR) is 59.3 cm³/mol. The largest absolute Gasteiger partial charge is 0.592 e. The Morgan fingerprint density at radius 3 is 2.69 bits per heavy atom. The minimum atomic E-state index is -1.47. The molecule has 0 saturated carbocycles. The van der Waals surface area contributed by atoms with E-state index >= 15 is 0 Å². The molecule has 1 atom stereocenters. The van der Waals surface area contributed by atoms with E-state index < -0.39 is 22.1 Å². The van der Waals surface area contributed by atoms with Crippen molar-refractivity contribution in [2.75, 3.05) is 6.26 Å². The highest BCUT2D eigenvalue weighted by Crippen LogP contribution is 2.17. The van der Waals surface area contributed by atoms with Gasteiger partial charge in [0.2, 0.25) is 0 Å². The fourth-order valence-electron chi connectivity index (χ4n) is 1.15. The van der Waals surface area contributed by atoms with Gasteiger partial charge in [-0.25, -0.2) is 4.39 Å². The van der Waals surface area contributed by atoms with Gasteiger partial charge in [0.25, 0.3) is 5.69 Å². The van der Waals surface area contributed by atoms with Gasteiger partial charge in [-0.1, -0.05) is 4.40 Å². The fraction of sp³-hybridized carbons (Fsp3) is 0.222. The Bertz CT molecular complexity index is 448. The van der Waals surface area contributed by atoms with Crippen molar-refractivity contribution in [1.29, 1.82) is 0 Å². The van der Waals surface area contributed by atoms with E-state index in [1.54, 1.807) is 0 Å². The Hall–Kier alpha value is -1.47. The van der Waals surface area contributed by atoms with Crippen LogP contribution in [0.15, 0.2) is 22.6 Å². The molecule has 0 fully saturated rings. The molecular formula is C9H9FN2O3S. The molecule has 0 saturated heterocycles. The van der Waals surface area contributed by atoms with Crippen LogP contribution in [0.2, 0.25) is 0 Å². The zero-order chi connectivity index (χ0) is 12.3. The van der Waals surface area contributed by atoms with Crippen LogP contribution in [0.1, 0.15) is 12.5 Å². The Kier molecular flexibility index (Phi) is 3.97. The molecule has 0 spiro atoms. The molecule has 86 valence electrons. The molecule has 0 aliphatic carbocycles. The van der Waals surface area contributed by atoms with Crippen LogP contribution in [0.4, 0.5) is 10.1 Å². The number of nitro benzene ring substituents is 1. The summed E-state index contributed by atoms with van der Waals surface area (Å²) in [6, 6.07) is 3.13. The van der Waals surface area contributed by atoms with Gasteiger partial charge in [0, 0.05) is 17.7 Å². The lowest BCUT2D eigenvalue weighted by Gasteiger charge is -2.02. The highest BCUT2D eigenvalue weighted by Gasteiger charge is 2.14. The number of nitrogens with zero attached hydrogens (tertiary/aromatic N) is 2. The lowest BCUT2D eigenvalue weighted by molar-refractivity contribution is -0.384. The normalized spacial score (nSPS) is 13.6. The minimum Gasteiger partial charge on any atom is -0.592 e. The smallest absolute Gasteiger partial charge is 0.270 e. The van der Waals surface area contributed by atoms with Crippen molar-refractivity contribution in [2.24, 2.45) is 4.40 Å². The van der Waals surface area contributed by atoms with Crippen LogP contribution in [-0.4, -0.2) is 21.4 Å². The molecule has 1 aromatic carbocycles. The van der Waals surface area contributed by atoms with Crippen molar-refractivity contribution in [3.8, 4) is 0 Å². The van der Waals surface area contributed by atoms with Gasteiger partial charge in [0.15, 0.2) is 0 Å². The summed E-state index contributed by atoms with van der Waals surface area (Å²) < 4.78 is 27.8. The van der Waals surface area contributed by atoms with Crippen LogP contribution in [0.5, 0.6) is 0 Å². The van der Waals surface area contributed by atoms with Crippen molar-refractivity contribution in [1.82, 2.24) is 0 Å². The second-order valence-electron chi connectivity index (χ2n) is 3.02. The fourth-order valence-corrected chi connectivity index (χ4v) is 1.63. The van der Waals surface area contributed by atoms with Crippen LogP contribution in [0, 0.1) is 15.9 Å². The number of nitro groups is 1. The number of hydrogen-bond donors (Lipinski definition) is 0. The van der Waals surface area contributed by atoms with Crippen LogP contribution < -0.4 is 0 Å². The maximum absolute atomic E-state index is 13.3. The second-order valence-corrected chi connectivity index (χ2v) is 4.05. The van der Waals surface area contributed by atoms with E-state index in [1.165, 1.54) is 13.2 Å². The minimum absolute atomic E-state index is 0.00981. The van der Waals surface area contributed by atoms with Gasteiger partial charge in [-0.3, -0.25) is 10.1 Å².